The first-order chi connectivity index (χ1) is 9.08. The predicted octanol–water partition coefficient (Wildman–Crippen LogP) is 2.65. The lowest BCUT2D eigenvalue weighted by Crippen LogP contribution is -2.32. The van der Waals surface area contributed by atoms with Crippen LogP contribution in [0.5, 0.6) is 5.75 Å². The van der Waals surface area contributed by atoms with E-state index in [1.807, 2.05) is 18.2 Å². The standard InChI is InChI=1S/C15H26N2O2/c1-4-8-19-15-10-13(16)9-14(11-15)17(12(2)3)6-5-7-18/h9-12,18H,4-8,16H2,1-3H3. The van der Waals surface area contributed by atoms with Crippen LogP contribution in [0.4, 0.5) is 11.4 Å². The normalized spacial score (nSPS) is 10.8. The molecule has 1 aromatic carbocycles. The molecule has 3 N–H and O–H groups in total. The lowest BCUT2D eigenvalue weighted by Gasteiger charge is -2.29. The summed E-state index contributed by atoms with van der Waals surface area (Å²) in [5.41, 5.74) is 7.70. The first-order valence-corrected chi connectivity index (χ1v) is 6.99. The van der Waals surface area contributed by atoms with Gasteiger partial charge >= 0.3 is 0 Å². The quantitative estimate of drug-likeness (QED) is 0.710. The van der Waals surface area contributed by atoms with Gasteiger partial charge in [0.2, 0.25) is 0 Å². The Balaban J connectivity index is 2.91. The number of anilines is 2. The summed E-state index contributed by atoms with van der Waals surface area (Å²) in [6.07, 6.45) is 1.72. The minimum atomic E-state index is 0.199. The Bertz CT molecular complexity index is 380. The van der Waals surface area contributed by atoms with Gasteiger partial charge in [-0.05, 0) is 32.8 Å². The van der Waals surface area contributed by atoms with Gasteiger partial charge in [-0.1, -0.05) is 6.92 Å². The first-order valence-electron chi connectivity index (χ1n) is 6.99. The van der Waals surface area contributed by atoms with Gasteiger partial charge in [0.1, 0.15) is 5.75 Å². The van der Waals surface area contributed by atoms with Gasteiger partial charge in [-0.15, -0.1) is 0 Å². The van der Waals surface area contributed by atoms with Gasteiger partial charge in [-0.3, -0.25) is 0 Å². The monoisotopic (exact) mass is 266 g/mol. The molecule has 0 unspecified atom stereocenters. The average molecular weight is 266 g/mol. The number of nitrogen functional groups attached to an aromatic ring is 1. The van der Waals surface area contributed by atoms with Gasteiger partial charge in [-0.2, -0.15) is 0 Å². The Morgan fingerprint density at radius 2 is 2.05 bits per heavy atom. The van der Waals surface area contributed by atoms with Crippen molar-refractivity contribution in [2.45, 2.75) is 39.7 Å². The molecule has 108 valence electrons. The van der Waals surface area contributed by atoms with Gasteiger partial charge in [0.15, 0.2) is 0 Å². The number of nitrogens with two attached hydrogens (primary N) is 1. The van der Waals surface area contributed by atoms with Crippen molar-refractivity contribution in [1.82, 2.24) is 0 Å². The second-order valence-corrected chi connectivity index (χ2v) is 4.97. The van der Waals surface area contributed by atoms with Crippen molar-refractivity contribution >= 4 is 11.4 Å². The number of ether oxygens (including phenoxy) is 1. The predicted molar refractivity (Wildman–Crippen MR) is 80.8 cm³/mol. The number of nitrogens with zero attached hydrogens (tertiary/aromatic N) is 1. The molecule has 0 heterocycles. The number of aliphatic hydroxyl groups excluding tert-OH is 1. The van der Waals surface area contributed by atoms with Crippen LogP contribution in [0.1, 0.15) is 33.6 Å². The third-order valence-electron chi connectivity index (χ3n) is 2.90. The van der Waals surface area contributed by atoms with Crippen molar-refractivity contribution in [2.24, 2.45) is 0 Å². The van der Waals surface area contributed by atoms with Gasteiger partial charge in [0.05, 0.1) is 6.61 Å². The Labute approximate surface area is 116 Å². The second-order valence-electron chi connectivity index (χ2n) is 4.97. The van der Waals surface area contributed by atoms with E-state index >= 15 is 0 Å². The Morgan fingerprint density at radius 1 is 1.32 bits per heavy atom. The van der Waals surface area contributed by atoms with E-state index < -0.39 is 0 Å². The Kier molecular flexibility index (Phi) is 6.50. The van der Waals surface area contributed by atoms with Crippen LogP contribution < -0.4 is 15.4 Å². The van der Waals surface area contributed by atoms with Crippen LogP contribution in [0.3, 0.4) is 0 Å². The maximum absolute atomic E-state index is 8.99. The zero-order chi connectivity index (χ0) is 14.3. The lowest BCUT2D eigenvalue weighted by atomic mass is 10.2. The van der Waals surface area contributed by atoms with E-state index in [1.54, 1.807) is 0 Å². The molecule has 0 atom stereocenters. The SMILES string of the molecule is CCCOc1cc(N)cc(N(CCCO)C(C)C)c1. The summed E-state index contributed by atoms with van der Waals surface area (Å²) in [5.74, 6) is 0.812. The fraction of sp³-hybridized carbons (Fsp3) is 0.600. The van der Waals surface area contributed by atoms with Gasteiger partial charge < -0.3 is 20.5 Å². The highest BCUT2D eigenvalue weighted by Gasteiger charge is 2.12. The number of rotatable bonds is 8. The second kappa shape index (κ2) is 7.89. The summed E-state index contributed by atoms with van der Waals surface area (Å²) in [4.78, 5) is 2.23. The molecule has 0 aliphatic rings. The van der Waals surface area contributed by atoms with Crippen molar-refractivity contribution in [1.29, 1.82) is 0 Å². The summed E-state index contributed by atoms with van der Waals surface area (Å²) in [5, 5.41) is 8.99. The van der Waals surface area contributed by atoms with Crippen LogP contribution >= 0.6 is 0 Å². The minimum absolute atomic E-state index is 0.199. The van der Waals surface area contributed by atoms with Crippen molar-refractivity contribution in [3.63, 3.8) is 0 Å². The maximum Gasteiger partial charge on any atom is 0.123 e. The summed E-state index contributed by atoms with van der Waals surface area (Å²) >= 11 is 0. The zero-order valence-corrected chi connectivity index (χ0v) is 12.2. The highest BCUT2D eigenvalue weighted by molar-refractivity contribution is 5.61. The molecule has 0 aromatic heterocycles. The highest BCUT2D eigenvalue weighted by atomic mass is 16.5. The largest absolute Gasteiger partial charge is 0.493 e. The topological polar surface area (TPSA) is 58.7 Å². The minimum Gasteiger partial charge on any atom is -0.493 e. The van der Waals surface area contributed by atoms with Crippen LogP contribution in [0, 0.1) is 0 Å². The molecule has 0 bridgehead atoms. The van der Waals surface area contributed by atoms with E-state index in [9.17, 15) is 0 Å². The summed E-state index contributed by atoms with van der Waals surface area (Å²) < 4.78 is 5.65. The van der Waals surface area contributed by atoms with Gasteiger partial charge in [0, 0.05) is 42.7 Å². The van der Waals surface area contributed by atoms with Crippen LogP contribution in [-0.2, 0) is 0 Å². The molecule has 0 saturated carbocycles. The fourth-order valence-electron chi connectivity index (χ4n) is 2.00. The molecular weight excluding hydrogens is 240 g/mol. The van der Waals surface area contributed by atoms with E-state index in [0.29, 0.717) is 18.3 Å². The first kappa shape index (κ1) is 15.6. The molecule has 0 spiro atoms. The third kappa shape index (κ3) is 4.99. The van der Waals surface area contributed by atoms with Crippen LogP contribution in [0.15, 0.2) is 18.2 Å². The van der Waals surface area contributed by atoms with Crippen molar-refractivity contribution in [3.8, 4) is 5.75 Å². The molecule has 0 aliphatic carbocycles. The highest BCUT2D eigenvalue weighted by Crippen LogP contribution is 2.27. The van der Waals surface area contributed by atoms with Gasteiger partial charge in [-0.25, -0.2) is 0 Å². The number of aliphatic hydroxyl groups is 1. The van der Waals surface area contributed by atoms with Crippen LogP contribution in [-0.4, -0.2) is 30.9 Å². The molecule has 4 nitrogen and oxygen atoms in total. The molecule has 1 rings (SSSR count). The number of benzene rings is 1. The molecule has 0 radical (unpaired) electrons. The van der Waals surface area contributed by atoms with Gasteiger partial charge in [0.25, 0.3) is 0 Å². The lowest BCUT2D eigenvalue weighted by molar-refractivity contribution is 0.288. The van der Waals surface area contributed by atoms with E-state index in [-0.39, 0.29) is 6.61 Å². The molecule has 4 heteroatoms. The number of hydrogen-bond acceptors (Lipinski definition) is 4. The molecule has 0 amide bonds. The van der Waals surface area contributed by atoms with Crippen molar-refractivity contribution < 1.29 is 9.84 Å². The molecule has 0 fully saturated rings. The maximum atomic E-state index is 8.99. The summed E-state index contributed by atoms with van der Waals surface area (Å²) in [7, 11) is 0. The van der Waals surface area contributed by atoms with Crippen LogP contribution in [0.25, 0.3) is 0 Å². The number of hydrogen-bond donors (Lipinski definition) is 2. The Hall–Kier alpha value is -1.42. The zero-order valence-electron chi connectivity index (χ0n) is 12.2. The summed E-state index contributed by atoms with van der Waals surface area (Å²) in [6, 6.07) is 6.18. The molecule has 1 aromatic rings. The summed E-state index contributed by atoms with van der Waals surface area (Å²) in [6.45, 7) is 8.05. The third-order valence-corrected chi connectivity index (χ3v) is 2.90. The average Bonchev–Trinajstić information content (AvgIpc) is 2.36. The van der Waals surface area contributed by atoms with E-state index in [2.05, 4.69) is 25.7 Å². The molecular formula is C15H26N2O2. The van der Waals surface area contributed by atoms with E-state index in [0.717, 1.165) is 30.8 Å². The van der Waals surface area contributed by atoms with E-state index in [1.165, 1.54) is 0 Å². The molecule has 0 aliphatic heterocycles. The van der Waals surface area contributed by atoms with Crippen molar-refractivity contribution in [2.75, 3.05) is 30.4 Å². The van der Waals surface area contributed by atoms with Crippen molar-refractivity contribution in [3.05, 3.63) is 18.2 Å². The van der Waals surface area contributed by atoms with E-state index in [4.69, 9.17) is 15.6 Å². The fourth-order valence-corrected chi connectivity index (χ4v) is 2.00. The Morgan fingerprint density at radius 3 is 2.63 bits per heavy atom. The smallest absolute Gasteiger partial charge is 0.123 e. The molecule has 19 heavy (non-hydrogen) atoms. The molecule has 0 saturated heterocycles. The van der Waals surface area contributed by atoms with Crippen LogP contribution in [0.2, 0.25) is 0 Å².